The van der Waals surface area contributed by atoms with Gasteiger partial charge in [0.15, 0.2) is 9.84 Å². The Morgan fingerprint density at radius 2 is 1.56 bits per heavy atom. The summed E-state index contributed by atoms with van der Waals surface area (Å²) in [6.07, 6.45) is 0. The van der Waals surface area contributed by atoms with Gasteiger partial charge < -0.3 is 10.1 Å². The van der Waals surface area contributed by atoms with Crippen LogP contribution >= 0.6 is 0 Å². The number of nitrogens with one attached hydrogen (secondary N) is 1. The summed E-state index contributed by atoms with van der Waals surface area (Å²) in [5, 5.41) is 2.73. The highest BCUT2D eigenvalue weighted by molar-refractivity contribution is 7.91. The predicted octanol–water partition coefficient (Wildman–Crippen LogP) is 3.92. The number of esters is 1. The molecule has 1 N–H and O–H groups in total. The summed E-state index contributed by atoms with van der Waals surface area (Å²) in [6.45, 7) is 1.53. The molecule has 0 atom stereocenters. The number of carbonyl (C=O) groups excluding carboxylic acids is 2. The third kappa shape index (κ3) is 5.42. The van der Waals surface area contributed by atoms with Gasteiger partial charge in [0, 0.05) is 16.8 Å². The molecule has 0 saturated heterocycles. The fourth-order valence-electron chi connectivity index (χ4n) is 2.94. The standard InChI is InChI=1S/C25H21NO5S/c1-3-32(29,30)23-13-5-4-12-22(23)24(27)26-21-11-7-9-19(17-21)15-14-18-8-6-10-20(16-18)25(28)31-2/h4-13,16-17H,3H2,1-2H3,(H,26,27). The quantitative estimate of drug-likeness (QED) is 0.473. The zero-order valence-electron chi connectivity index (χ0n) is 17.6. The van der Waals surface area contributed by atoms with Crippen LogP contribution in [0.15, 0.2) is 77.7 Å². The monoisotopic (exact) mass is 447 g/mol. The second-order valence-electron chi connectivity index (χ2n) is 6.76. The lowest BCUT2D eigenvalue weighted by atomic mass is 10.1. The average Bonchev–Trinajstić information content (AvgIpc) is 2.82. The molecule has 0 aliphatic heterocycles. The zero-order chi connectivity index (χ0) is 23.1. The molecule has 6 nitrogen and oxygen atoms in total. The lowest BCUT2D eigenvalue weighted by Crippen LogP contribution is -2.17. The van der Waals surface area contributed by atoms with Gasteiger partial charge in [-0.1, -0.05) is 43.0 Å². The molecule has 0 fully saturated rings. The second-order valence-corrected chi connectivity index (χ2v) is 9.00. The Bertz CT molecular complexity index is 1330. The molecule has 32 heavy (non-hydrogen) atoms. The molecular weight excluding hydrogens is 426 g/mol. The topological polar surface area (TPSA) is 89.5 Å². The van der Waals surface area contributed by atoms with Crippen molar-refractivity contribution in [2.45, 2.75) is 11.8 Å². The summed E-state index contributed by atoms with van der Waals surface area (Å²) in [7, 11) is -2.23. The molecule has 0 aliphatic rings. The fourth-order valence-corrected chi connectivity index (χ4v) is 4.03. The van der Waals surface area contributed by atoms with Gasteiger partial charge >= 0.3 is 5.97 Å². The summed E-state index contributed by atoms with van der Waals surface area (Å²) >= 11 is 0. The van der Waals surface area contributed by atoms with E-state index in [2.05, 4.69) is 17.2 Å². The van der Waals surface area contributed by atoms with E-state index in [4.69, 9.17) is 4.74 Å². The molecule has 3 rings (SSSR count). The maximum absolute atomic E-state index is 12.8. The van der Waals surface area contributed by atoms with E-state index >= 15 is 0 Å². The number of methoxy groups -OCH3 is 1. The highest BCUT2D eigenvalue weighted by atomic mass is 32.2. The third-order valence-electron chi connectivity index (χ3n) is 4.60. The Balaban J connectivity index is 1.83. The van der Waals surface area contributed by atoms with Crippen molar-refractivity contribution in [1.29, 1.82) is 0 Å². The molecule has 0 aromatic heterocycles. The number of anilines is 1. The fraction of sp³-hybridized carbons (Fsp3) is 0.120. The molecule has 3 aromatic carbocycles. The summed E-state index contributed by atoms with van der Waals surface area (Å²) < 4.78 is 29.3. The van der Waals surface area contributed by atoms with Crippen molar-refractivity contribution < 1.29 is 22.7 Å². The van der Waals surface area contributed by atoms with Crippen LogP contribution in [-0.2, 0) is 14.6 Å². The first-order chi connectivity index (χ1) is 15.3. The Kier molecular flexibility index (Phi) is 7.08. The van der Waals surface area contributed by atoms with Crippen molar-refractivity contribution in [1.82, 2.24) is 0 Å². The Morgan fingerprint density at radius 1 is 0.906 bits per heavy atom. The van der Waals surface area contributed by atoms with E-state index in [9.17, 15) is 18.0 Å². The van der Waals surface area contributed by atoms with E-state index in [0.717, 1.165) is 0 Å². The highest BCUT2D eigenvalue weighted by Gasteiger charge is 2.20. The molecule has 162 valence electrons. The smallest absolute Gasteiger partial charge is 0.337 e. The second kappa shape index (κ2) is 9.94. The molecule has 0 bridgehead atoms. The highest BCUT2D eigenvalue weighted by Crippen LogP contribution is 2.19. The molecule has 0 aliphatic carbocycles. The summed E-state index contributed by atoms with van der Waals surface area (Å²) in [5.74, 6) is 4.91. The van der Waals surface area contributed by atoms with Crippen LogP contribution in [0.2, 0.25) is 0 Å². The maximum atomic E-state index is 12.8. The van der Waals surface area contributed by atoms with Crippen molar-refractivity contribution >= 4 is 27.4 Å². The lowest BCUT2D eigenvalue weighted by Gasteiger charge is -2.10. The molecule has 0 radical (unpaired) electrons. The van der Waals surface area contributed by atoms with Crippen molar-refractivity contribution in [3.8, 4) is 11.8 Å². The lowest BCUT2D eigenvalue weighted by molar-refractivity contribution is 0.0600. The number of rotatable bonds is 5. The van der Waals surface area contributed by atoms with E-state index in [-0.39, 0.29) is 16.2 Å². The molecular formula is C25H21NO5S. The van der Waals surface area contributed by atoms with Gasteiger partial charge in [0.1, 0.15) is 0 Å². The number of ether oxygens (including phenoxy) is 1. The first kappa shape index (κ1) is 22.8. The summed E-state index contributed by atoms with van der Waals surface area (Å²) in [5.41, 5.74) is 2.25. The van der Waals surface area contributed by atoms with Crippen molar-refractivity contribution in [3.05, 3.63) is 95.1 Å². The van der Waals surface area contributed by atoms with Gasteiger partial charge in [0.2, 0.25) is 0 Å². The number of hydrogen-bond acceptors (Lipinski definition) is 5. The van der Waals surface area contributed by atoms with Gasteiger partial charge in [-0.2, -0.15) is 0 Å². The SMILES string of the molecule is CCS(=O)(=O)c1ccccc1C(=O)Nc1cccc(C#Cc2cccc(C(=O)OC)c2)c1. The number of amides is 1. The van der Waals surface area contributed by atoms with E-state index < -0.39 is 21.7 Å². The van der Waals surface area contributed by atoms with Crippen molar-refractivity contribution in [2.24, 2.45) is 0 Å². The first-order valence-corrected chi connectivity index (χ1v) is 11.4. The van der Waals surface area contributed by atoms with Gasteiger partial charge in [-0.05, 0) is 48.5 Å². The van der Waals surface area contributed by atoms with E-state index in [1.807, 2.05) is 0 Å². The minimum atomic E-state index is -3.54. The van der Waals surface area contributed by atoms with Gasteiger partial charge in [0.05, 0.1) is 28.9 Å². The van der Waals surface area contributed by atoms with E-state index in [0.29, 0.717) is 22.4 Å². The van der Waals surface area contributed by atoms with Crippen LogP contribution in [0, 0.1) is 11.8 Å². The number of sulfone groups is 1. The van der Waals surface area contributed by atoms with E-state index in [1.165, 1.54) is 26.2 Å². The minimum absolute atomic E-state index is 0.00133. The predicted molar refractivity (Wildman–Crippen MR) is 122 cm³/mol. The molecule has 0 heterocycles. The molecule has 0 unspecified atom stereocenters. The Morgan fingerprint density at radius 3 is 2.25 bits per heavy atom. The van der Waals surface area contributed by atoms with Crippen LogP contribution in [0.4, 0.5) is 5.69 Å². The van der Waals surface area contributed by atoms with Crippen molar-refractivity contribution in [2.75, 3.05) is 18.2 Å². The van der Waals surface area contributed by atoms with Crippen LogP contribution < -0.4 is 5.32 Å². The number of benzene rings is 3. The van der Waals surface area contributed by atoms with Crippen LogP contribution in [0.1, 0.15) is 38.8 Å². The van der Waals surface area contributed by atoms with Crippen LogP contribution in [0.3, 0.4) is 0 Å². The molecule has 3 aromatic rings. The molecule has 0 spiro atoms. The van der Waals surface area contributed by atoms with Crippen molar-refractivity contribution in [3.63, 3.8) is 0 Å². The van der Waals surface area contributed by atoms with E-state index in [1.54, 1.807) is 60.7 Å². The number of hydrogen-bond donors (Lipinski definition) is 1. The minimum Gasteiger partial charge on any atom is -0.465 e. The van der Waals surface area contributed by atoms with Gasteiger partial charge in [-0.3, -0.25) is 4.79 Å². The molecule has 1 amide bonds. The molecule has 7 heteroatoms. The molecule has 0 saturated carbocycles. The summed E-state index contributed by atoms with van der Waals surface area (Å²) in [6, 6.07) is 19.8. The average molecular weight is 448 g/mol. The third-order valence-corrected chi connectivity index (χ3v) is 6.39. The van der Waals surface area contributed by atoms with Gasteiger partial charge in [0.25, 0.3) is 5.91 Å². The first-order valence-electron chi connectivity index (χ1n) is 9.77. The largest absolute Gasteiger partial charge is 0.465 e. The number of carbonyl (C=O) groups is 2. The maximum Gasteiger partial charge on any atom is 0.337 e. The van der Waals surface area contributed by atoms with Crippen LogP contribution in [0.25, 0.3) is 0 Å². The Labute approximate surface area is 187 Å². The summed E-state index contributed by atoms with van der Waals surface area (Å²) in [4.78, 5) is 24.4. The van der Waals surface area contributed by atoms with Gasteiger partial charge in [-0.25, -0.2) is 13.2 Å². The Hall–Kier alpha value is -3.89. The van der Waals surface area contributed by atoms with Gasteiger partial charge in [-0.15, -0.1) is 0 Å². The normalized spacial score (nSPS) is 10.6. The van der Waals surface area contributed by atoms with Crippen LogP contribution in [-0.4, -0.2) is 33.2 Å². The van der Waals surface area contributed by atoms with Crippen LogP contribution in [0.5, 0.6) is 0 Å². The zero-order valence-corrected chi connectivity index (χ0v) is 18.4.